The number of ether oxygens (including phenoxy) is 1. The van der Waals surface area contributed by atoms with Crippen LogP contribution in [0.2, 0.25) is 10.0 Å². The lowest BCUT2D eigenvalue weighted by molar-refractivity contribution is -0.127. The molecule has 1 aromatic rings. The van der Waals surface area contributed by atoms with Gasteiger partial charge in [-0.1, -0.05) is 35.3 Å². The fourth-order valence-electron chi connectivity index (χ4n) is 1.25. The molecule has 0 aromatic heterocycles. The van der Waals surface area contributed by atoms with Crippen LogP contribution in [0.4, 0.5) is 0 Å². The van der Waals surface area contributed by atoms with Gasteiger partial charge in [0.15, 0.2) is 5.78 Å². The molecule has 0 fully saturated rings. The van der Waals surface area contributed by atoms with Crippen molar-refractivity contribution in [3.05, 3.63) is 33.8 Å². The monoisotopic (exact) mass is 274 g/mol. The molecule has 0 spiro atoms. The van der Waals surface area contributed by atoms with E-state index in [9.17, 15) is 4.79 Å². The highest BCUT2D eigenvalue weighted by Crippen LogP contribution is 2.25. The summed E-state index contributed by atoms with van der Waals surface area (Å²) in [6, 6.07) is 5.27. The Kier molecular flexibility index (Phi) is 4.99. The first kappa shape index (κ1) is 14.5. The zero-order valence-corrected chi connectivity index (χ0v) is 11.7. The van der Waals surface area contributed by atoms with Gasteiger partial charge in [-0.05, 0) is 32.4 Å². The quantitative estimate of drug-likeness (QED) is 0.832. The van der Waals surface area contributed by atoms with Gasteiger partial charge >= 0.3 is 0 Å². The van der Waals surface area contributed by atoms with E-state index in [0.717, 1.165) is 5.56 Å². The first-order valence-electron chi connectivity index (χ1n) is 5.38. The Labute approximate surface area is 112 Å². The molecule has 0 heterocycles. The zero-order valence-electron chi connectivity index (χ0n) is 10.2. The number of rotatable bonds is 4. The molecule has 0 unspecified atom stereocenters. The van der Waals surface area contributed by atoms with Crippen molar-refractivity contribution in [2.75, 3.05) is 6.61 Å². The van der Waals surface area contributed by atoms with Crippen LogP contribution >= 0.6 is 23.2 Å². The number of Topliss-reactive ketones (excluding diaryl/α,β-unsaturated/α-hetero) is 1. The molecule has 2 nitrogen and oxygen atoms in total. The Morgan fingerprint density at radius 2 is 1.94 bits per heavy atom. The van der Waals surface area contributed by atoms with Crippen LogP contribution in [0, 0.1) is 0 Å². The minimum absolute atomic E-state index is 0.0101. The molecule has 0 atom stereocenters. The van der Waals surface area contributed by atoms with Crippen LogP contribution in [-0.4, -0.2) is 18.0 Å². The van der Waals surface area contributed by atoms with Crippen molar-refractivity contribution in [2.24, 2.45) is 0 Å². The fraction of sp³-hybridized carbons (Fsp3) is 0.462. The third-order valence-corrected chi connectivity index (χ3v) is 2.94. The first-order chi connectivity index (χ1) is 7.79. The van der Waals surface area contributed by atoms with E-state index < -0.39 is 0 Å². The Bertz CT molecular complexity index is 408. The third-order valence-electron chi connectivity index (χ3n) is 2.09. The van der Waals surface area contributed by atoms with Crippen molar-refractivity contribution in [3.63, 3.8) is 0 Å². The van der Waals surface area contributed by atoms with E-state index in [1.54, 1.807) is 18.2 Å². The summed E-state index contributed by atoms with van der Waals surface area (Å²) in [5.74, 6) is -0.0101. The average Bonchev–Trinajstić information content (AvgIpc) is 2.21. The summed E-state index contributed by atoms with van der Waals surface area (Å²) in [7, 11) is 0. The molecule has 17 heavy (non-hydrogen) atoms. The zero-order chi connectivity index (χ0) is 13.1. The van der Waals surface area contributed by atoms with Crippen molar-refractivity contribution in [1.29, 1.82) is 0 Å². The molecule has 0 amide bonds. The first-order valence-corrected chi connectivity index (χ1v) is 6.14. The van der Waals surface area contributed by atoms with Crippen LogP contribution in [0.3, 0.4) is 0 Å². The maximum absolute atomic E-state index is 11.7. The minimum atomic E-state index is -0.312. The number of hydrogen-bond donors (Lipinski definition) is 0. The second kappa shape index (κ2) is 5.85. The minimum Gasteiger partial charge on any atom is -0.368 e. The number of carbonyl (C=O) groups excluding carboxylic acids is 1. The number of halogens is 2. The smallest absolute Gasteiger partial charge is 0.162 e. The van der Waals surface area contributed by atoms with Crippen LogP contribution in [-0.2, 0) is 16.0 Å². The molecule has 1 aromatic carbocycles. The fourth-order valence-corrected chi connectivity index (χ4v) is 1.63. The molecule has 0 aliphatic heterocycles. The topological polar surface area (TPSA) is 26.3 Å². The normalized spacial score (nSPS) is 11.6. The van der Waals surface area contributed by atoms with Crippen LogP contribution in [0.1, 0.15) is 26.3 Å². The summed E-state index contributed by atoms with van der Waals surface area (Å²) in [5.41, 5.74) is 0.426. The van der Waals surface area contributed by atoms with E-state index in [1.165, 1.54) is 0 Å². The number of ketones is 1. The van der Waals surface area contributed by atoms with E-state index in [1.807, 2.05) is 20.8 Å². The van der Waals surface area contributed by atoms with Crippen LogP contribution < -0.4 is 0 Å². The Morgan fingerprint density at radius 1 is 1.29 bits per heavy atom. The van der Waals surface area contributed by atoms with Gasteiger partial charge < -0.3 is 4.74 Å². The SMILES string of the molecule is CC(C)(C)OCC(=O)Cc1cccc(Cl)c1Cl. The van der Waals surface area contributed by atoms with Gasteiger partial charge in [0.05, 0.1) is 15.6 Å². The van der Waals surface area contributed by atoms with E-state index in [-0.39, 0.29) is 24.4 Å². The van der Waals surface area contributed by atoms with Gasteiger partial charge in [-0.3, -0.25) is 4.79 Å². The van der Waals surface area contributed by atoms with Crippen molar-refractivity contribution >= 4 is 29.0 Å². The molecule has 0 bridgehead atoms. The highest BCUT2D eigenvalue weighted by atomic mass is 35.5. The summed E-state index contributed by atoms with van der Waals surface area (Å²) in [4.78, 5) is 11.7. The predicted molar refractivity (Wildman–Crippen MR) is 70.9 cm³/mol. The molecule has 94 valence electrons. The number of carbonyl (C=O) groups is 1. The van der Waals surface area contributed by atoms with E-state index in [2.05, 4.69) is 0 Å². The van der Waals surface area contributed by atoms with Crippen LogP contribution in [0.25, 0.3) is 0 Å². The summed E-state index contributed by atoms with van der Waals surface area (Å²) in [6.45, 7) is 5.82. The molecule has 0 aliphatic rings. The lowest BCUT2D eigenvalue weighted by atomic mass is 10.1. The second-order valence-electron chi connectivity index (χ2n) is 4.83. The van der Waals surface area contributed by atoms with Gasteiger partial charge in [-0.15, -0.1) is 0 Å². The second-order valence-corrected chi connectivity index (χ2v) is 5.61. The van der Waals surface area contributed by atoms with E-state index >= 15 is 0 Å². The Morgan fingerprint density at radius 3 is 2.53 bits per heavy atom. The highest BCUT2D eigenvalue weighted by Gasteiger charge is 2.14. The van der Waals surface area contributed by atoms with Gasteiger partial charge in [0.1, 0.15) is 6.61 Å². The van der Waals surface area contributed by atoms with Gasteiger partial charge in [-0.2, -0.15) is 0 Å². The standard InChI is InChI=1S/C13H16Cl2O2/c1-13(2,3)17-8-10(16)7-9-5-4-6-11(14)12(9)15/h4-6H,7-8H2,1-3H3. The summed E-state index contributed by atoms with van der Waals surface area (Å²) < 4.78 is 5.41. The van der Waals surface area contributed by atoms with E-state index in [4.69, 9.17) is 27.9 Å². The number of benzene rings is 1. The van der Waals surface area contributed by atoms with Crippen LogP contribution in [0.15, 0.2) is 18.2 Å². The molecule has 0 N–H and O–H groups in total. The predicted octanol–water partition coefficient (Wildman–Crippen LogP) is 3.92. The maximum Gasteiger partial charge on any atom is 0.162 e. The van der Waals surface area contributed by atoms with Crippen molar-refractivity contribution in [3.8, 4) is 0 Å². The lowest BCUT2D eigenvalue weighted by Gasteiger charge is -2.18. The Hall–Kier alpha value is -0.570. The maximum atomic E-state index is 11.7. The van der Waals surface area contributed by atoms with Crippen molar-refractivity contribution in [1.82, 2.24) is 0 Å². The summed E-state index contributed by atoms with van der Waals surface area (Å²) in [5, 5.41) is 0.909. The third kappa shape index (κ3) is 5.07. The average molecular weight is 275 g/mol. The molecule has 0 aliphatic carbocycles. The lowest BCUT2D eigenvalue weighted by Crippen LogP contribution is -2.24. The van der Waals surface area contributed by atoms with Crippen molar-refractivity contribution in [2.45, 2.75) is 32.8 Å². The van der Waals surface area contributed by atoms with Crippen molar-refractivity contribution < 1.29 is 9.53 Å². The van der Waals surface area contributed by atoms with Gasteiger partial charge in [0.25, 0.3) is 0 Å². The largest absolute Gasteiger partial charge is 0.368 e. The molecule has 0 saturated carbocycles. The van der Waals surface area contributed by atoms with Gasteiger partial charge in [0.2, 0.25) is 0 Å². The summed E-state index contributed by atoms with van der Waals surface area (Å²) >= 11 is 11.9. The highest BCUT2D eigenvalue weighted by molar-refractivity contribution is 6.42. The summed E-state index contributed by atoms with van der Waals surface area (Å²) in [6.07, 6.45) is 0.246. The van der Waals surface area contributed by atoms with Gasteiger partial charge in [-0.25, -0.2) is 0 Å². The molecule has 0 saturated heterocycles. The molecular formula is C13H16Cl2O2. The molecule has 4 heteroatoms. The molecule has 1 rings (SSSR count). The van der Waals surface area contributed by atoms with Crippen LogP contribution in [0.5, 0.6) is 0 Å². The molecule has 0 radical (unpaired) electrons. The number of hydrogen-bond acceptors (Lipinski definition) is 2. The van der Waals surface area contributed by atoms with E-state index in [0.29, 0.717) is 10.0 Å². The van der Waals surface area contributed by atoms with Gasteiger partial charge in [0, 0.05) is 6.42 Å². The Balaban J connectivity index is 2.60. The molecular weight excluding hydrogens is 259 g/mol.